The first-order chi connectivity index (χ1) is 24.2. The van der Waals surface area contributed by atoms with E-state index in [1.54, 1.807) is 42.1 Å². The highest BCUT2D eigenvalue weighted by atomic mass is 32.2. The third-order valence-corrected chi connectivity index (χ3v) is 10.9. The fourth-order valence-electron chi connectivity index (χ4n) is 5.54. The molecule has 1 amide bonds. The van der Waals surface area contributed by atoms with E-state index in [0.717, 1.165) is 22.3 Å². The maximum Gasteiger partial charge on any atom is 0.242 e. The molecule has 2 heterocycles. The highest BCUT2D eigenvalue weighted by Gasteiger charge is 2.33. The first-order valence-electron chi connectivity index (χ1n) is 16.1. The van der Waals surface area contributed by atoms with Crippen molar-refractivity contribution in [1.29, 1.82) is 0 Å². The second-order valence-corrected chi connectivity index (χ2v) is 14.7. The Kier molecular flexibility index (Phi) is 11.4. The van der Waals surface area contributed by atoms with E-state index in [0.29, 0.717) is 28.6 Å². The number of tetrazole rings is 1. The lowest BCUT2D eigenvalue weighted by atomic mass is 10.0. The number of aliphatic hydroxyl groups is 1. The van der Waals surface area contributed by atoms with Crippen molar-refractivity contribution in [2.45, 2.75) is 61.0 Å². The van der Waals surface area contributed by atoms with E-state index < -0.39 is 28.3 Å². The lowest BCUT2D eigenvalue weighted by Crippen LogP contribution is -2.45. The molecule has 50 heavy (non-hydrogen) atoms. The van der Waals surface area contributed by atoms with Gasteiger partial charge in [-0.1, -0.05) is 96.2 Å². The molecule has 1 aromatic heterocycles. The third-order valence-electron chi connectivity index (χ3n) is 8.25. The Bertz CT molecular complexity index is 1990. The number of nitrogens with zero attached hydrogens (tertiary/aromatic N) is 4. The number of rotatable bonds is 13. The van der Waals surface area contributed by atoms with Gasteiger partial charge in [-0.25, -0.2) is 13.1 Å². The Hall–Kier alpha value is -4.44. The van der Waals surface area contributed by atoms with E-state index in [1.165, 1.54) is 23.9 Å². The summed E-state index contributed by atoms with van der Waals surface area (Å²) >= 11 is 1.48. The van der Waals surface area contributed by atoms with Gasteiger partial charge in [-0.15, -0.1) is 5.10 Å². The average molecular weight is 715 g/mol. The Labute approximate surface area is 295 Å². The Morgan fingerprint density at radius 2 is 1.72 bits per heavy atom. The van der Waals surface area contributed by atoms with Crippen LogP contribution in [0.5, 0.6) is 0 Å². The van der Waals surface area contributed by atoms with Gasteiger partial charge >= 0.3 is 0 Å². The summed E-state index contributed by atoms with van der Waals surface area (Å²) in [5.74, 6) is 0.0541. The zero-order valence-corrected chi connectivity index (χ0v) is 29.2. The van der Waals surface area contributed by atoms with Crippen molar-refractivity contribution < 1.29 is 27.8 Å². The van der Waals surface area contributed by atoms with E-state index in [2.05, 4.69) is 25.6 Å². The molecule has 5 aromatic rings. The summed E-state index contributed by atoms with van der Waals surface area (Å²) < 4.78 is 43.9. The van der Waals surface area contributed by atoms with Crippen molar-refractivity contribution in [2.75, 3.05) is 11.1 Å². The second-order valence-electron chi connectivity index (χ2n) is 12.0. The van der Waals surface area contributed by atoms with Crippen LogP contribution in [0.15, 0.2) is 113 Å². The molecule has 260 valence electrons. The predicted octanol–water partition coefficient (Wildman–Crippen LogP) is 4.88. The number of aliphatic hydroxyl groups excluding tert-OH is 1. The summed E-state index contributed by atoms with van der Waals surface area (Å²) in [6.45, 7) is 1.82. The molecular weight excluding hydrogens is 677 g/mol. The minimum atomic E-state index is -4.01. The lowest BCUT2D eigenvalue weighted by molar-refractivity contribution is -0.245. The molecule has 0 bridgehead atoms. The van der Waals surface area contributed by atoms with E-state index in [1.807, 2.05) is 67.6 Å². The molecule has 4 atom stereocenters. The normalized spacial score (nSPS) is 18.4. The fraction of sp³-hybridized carbons (Fsp3) is 0.278. The topological polar surface area (TPSA) is 158 Å². The molecule has 0 unspecified atom stereocenters. The molecule has 1 aliphatic rings. The largest absolute Gasteiger partial charge is 0.392 e. The molecule has 0 radical (unpaired) electrons. The Morgan fingerprint density at radius 1 is 0.960 bits per heavy atom. The zero-order valence-electron chi connectivity index (χ0n) is 27.5. The standard InChI is InChI=1S/C36H38N6O6S2/c1-24-11-17-31(18-12-24)50(45,46)39-32(19-25-7-4-3-5-8-25)34(44)37-29-10-6-9-28(20-29)35-47-30(23-49-36-38-40-41-42(36)2)21-33(48-35)27-15-13-26(22-43)14-16-27/h3-18,20,30,32-33,35,39,43H,19,21-23H2,1-2H3,(H,37,44)/t30-,32-,33+,35+/m1/s1. The molecule has 1 saturated heterocycles. The number of sulfonamides is 1. The summed E-state index contributed by atoms with van der Waals surface area (Å²) in [7, 11) is -2.23. The number of thioether (sulfide) groups is 1. The maximum absolute atomic E-state index is 13.8. The number of hydrogen-bond donors (Lipinski definition) is 3. The molecule has 1 aliphatic heterocycles. The van der Waals surface area contributed by atoms with Crippen LogP contribution in [0.4, 0.5) is 5.69 Å². The molecular formula is C36H38N6O6S2. The van der Waals surface area contributed by atoms with Crippen LogP contribution in [-0.2, 0) is 44.4 Å². The lowest BCUT2D eigenvalue weighted by Gasteiger charge is -2.36. The van der Waals surface area contributed by atoms with Gasteiger partial charge in [0.05, 0.1) is 23.7 Å². The molecule has 4 aromatic carbocycles. The van der Waals surface area contributed by atoms with E-state index in [9.17, 15) is 18.3 Å². The number of carbonyl (C=O) groups is 1. The number of aromatic nitrogens is 4. The van der Waals surface area contributed by atoms with Crippen LogP contribution in [0.3, 0.4) is 0 Å². The summed E-state index contributed by atoms with van der Waals surface area (Å²) in [6.07, 6.45) is -0.598. The van der Waals surface area contributed by atoms with Crippen LogP contribution < -0.4 is 10.0 Å². The van der Waals surface area contributed by atoms with Gasteiger partial charge < -0.3 is 19.9 Å². The average Bonchev–Trinajstić information content (AvgIpc) is 3.55. The van der Waals surface area contributed by atoms with Crippen molar-refractivity contribution in [3.63, 3.8) is 0 Å². The molecule has 3 N–H and O–H groups in total. The van der Waals surface area contributed by atoms with E-state index in [4.69, 9.17) is 9.47 Å². The number of benzene rings is 4. The molecule has 1 fully saturated rings. The van der Waals surface area contributed by atoms with Crippen LogP contribution in [0.1, 0.15) is 46.6 Å². The molecule has 6 rings (SSSR count). The van der Waals surface area contributed by atoms with Gasteiger partial charge in [0, 0.05) is 30.5 Å². The van der Waals surface area contributed by atoms with E-state index in [-0.39, 0.29) is 30.1 Å². The Balaban J connectivity index is 1.22. The van der Waals surface area contributed by atoms with Gasteiger partial charge in [-0.2, -0.15) is 4.72 Å². The minimum Gasteiger partial charge on any atom is -0.392 e. The quantitative estimate of drug-likeness (QED) is 0.144. The summed E-state index contributed by atoms with van der Waals surface area (Å²) in [4.78, 5) is 13.9. The first-order valence-corrected chi connectivity index (χ1v) is 18.5. The maximum atomic E-state index is 13.8. The monoisotopic (exact) mass is 714 g/mol. The number of aryl methyl sites for hydroxylation is 2. The highest BCUT2D eigenvalue weighted by molar-refractivity contribution is 7.99. The van der Waals surface area contributed by atoms with Crippen LogP contribution >= 0.6 is 11.8 Å². The molecule has 0 saturated carbocycles. The fourth-order valence-corrected chi connectivity index (χ4v) is 7.60. The number of carbonyl (C=O) groups excluding carboxylic acids is 1. The van der Waals surface area contributed by atoms with Crippen molar-refractivity contribution in [2.24, 2.45) is 7.05 Å². The SMILES string of the molecule is Cc1ccc(S(=O)(=O)N[C@H](Cc2ccccc2)C(=O)Nc2cccc([C@H]3O[C@@H](CSc4nnnn4C)C[C@@H](c4ccc(CO)cc4)O3)c2)cc1. The summed E-state index contributed by atoms with van der Waals surface area (Å²) in [5, 5.41) is 24.8. The predicted molar refractivity (Wildman–Crippen MR) is 188 cm³/mol. The third kappa shape index (κ3) is 9.01. The highest BCUT2D eigenvalue weighted by Crippen LogP contribution is 2.39. The van der Waals surface area contributed by atoms with Crippen molar-refractivity contribution in [3.05, 3.63) is 131 Å². The number of hydrogen-bond acceptors (Lipinski definition) is 10. The number of ether oxygens (including phenoxy) is 2. The van der Waals surface area contributed by atoms with Crippen LogP contribution in [-0.4, -0.2) is 57.5 Å². The van der Waals surface area contributed by atoms with Crippen molar-refractivity contribution >= 4 is 33.4 Å². The van der Waals surface area contributed by atoms with Gasteiger partial charge in [0.25, 0.3) is 0 Å². The zero-order chi connectivity index (χ0) is 35.1. The first kappa shape index (κ1) is 35.4. The number of anilines is 1. The van der Waals surface area contributed by atoms with Gasteiger partial charge in [-0.3, -0.25) is 4.79 Å². The molecule has 14 heteroatoms. The summed E-state index contributed by atoms with van der Waals surface area (Å²) in [6, 6.07) is 29.4. The second kappa shape index (κ2) is 16.1. The molecule has 0 spiro atoms. The number of nitrogens with one attached hydrogen (secondary N) is 2. The molecule has 12 nitrogen and oxygen atoms in total. The van der Waals surface area contributed by atoms with Gasteiger partial charge in [0.15, 0.2) is 6.29 Å². The van der Waals surface area contributed by atoms with Crippen molar-refractivity contribution in [3.8, 4) is 0 Å². The van der Waals surface area contributed by atoms with E-state index >= 15 is 0 Å². The summed E-state index contributed by atoms with van der Waals surface area (Å²) in [5.41, 5.74) is 4.60. The van der Waals surface area contributed by atoms with Crippen LogP contribution in [0.2, 0.25) is 0 Å². The van der Waals surface area contributed by atoms with Crippen LogP contribution in [0.25, 0.3) is 0 Å². The smallest absolute Gasteiger partial charge is 0.242 e. The van der Waals surface area contributed by atoms with Gasteiger partial charge in [-0.05, 0) is 64.7 Å². The Morgan fingerprint density at radius 3 is 2.42 bits per heavy atom. The minimum absolute atomic E-state index is 0.0549. The molecule has 0 aliphatic carbocycles. The van der Waals surface area contributed by atoms with Crippen molar-refractivity contribution in [1.82, 2.24) is 24.9 Å². The number of amides is 1. The van der Waals surface area contributed by atoms with Gasteiger partial charge in [0.2, 0.25) is 21.1 Å². The van der Waals surface area contributed by atoms with Crippen LogP contribution in [0, 0.1) is 6.92 Å². The van der Waals surface area contributed by atoms with Gasteiger partial charge in [0.1, 0.15) is 6.04 Å².